The molecule has 16 rings (SSSR count). The van der Waals surface area contributed by atoms with Crippen LogP contribution in [-0.2, 0) is 0 Å². The van der Waals surface area contributed by atoms with Gasteiger partial charge < -0.3 is 18.3 Å². The second-order valence-corrected chi connectivity index (χ2v) is 24.2. The smallest absolute Gasteiger partial charge is 0.179 e. The van der Waals surface area contributed by atoms with E-state index >= 15 is 0 Å². The summed E-state index contributed by atoms with van der Waals surface area (Å²) < 4.78 is 9.96. The normalized spacial score (nSPS) is 12.2. The van der Waals surface area contributed by atoms with Crippen LogP contribution in [0.15, 0.2) is 291 Å². The molecule has 0 bridgehead atoms. The lowest BCUT2D eigenvalue weighted by atomic mass is 10.1. The number of hydrogen-bond acceptors (Lipinski definition) is 0. The van der Waals surface area contributed by atoms with E-state index in [0.717, 1.165) is 39.3 Å². The van der Waals surface area contributed by atoms with Crippen molar-refractivity contribution in [3.8, 4) is 22.7 Å². The molecule has 5 heteroatoms. The van der Waals surface area contributed by atoms with E-state index in [2.05, 4.69) is 309 Å². The van der Waals surface area contributed by atoms with Gasteiger partial charge in [-0.25, -0.2) is 0 Å². The fourth-order valence-corrected chi connectivity index (χ4v) is 18.1. The van der Waals surface area contributed by atoms with Gasteiger partial charge in [0.1, 0.15) is 0 Å². The fraction of sp³-hybridized carbons (Fsp3) is 0. The van der Waals surface area contributed by atoms with E-state index < -0.39 is 8.07 Å². The molecule has 0 radical (unpaired) electrons. The van der Waals surface area contributed by atoms with Crippen molar-refractivity contribution >= 4 is 116 Å². The molecule has 4 nitrogen and oxygen atoms in total. The molecule has 0 aliphatic heterocycles. The Morgan fingerprint density at radius 1 is 0.195 bits per heavy atom. The van der Waals surface area contributed by atoms with Crippen molar-refractivity contribution in [2.24, 2.45) is 0 Å². The Labute approximate surface area is 445 Å². The van der Waals surface area contributed by atoms with Crippen molar-refractivity contribution in [3.63, 3.8) is 0 Å². The minimum absolute atomic E-state index is 1.12. The van der Waals surface area contributed by atoms with Crippen molar-refractivity contribution < 1.29 is 0 Å². The molecule has 77 heavy (non-hydrogen) atoms. The molecule has 0 unspecified atom stereocenters. The number of rotatable bonds is 8. The van der Waals surface area contributed by atoms with E-state index in [1.54, 1.807) is 0 Å². The average molecular weight is 997 g/mol. The highest BCUT2D eigenvalue weighted by molar-refractivity contribution is 7.20. The fourth-order valence-electron chi connectivity index (χ4n) is 13.3. The highest BCUT2D eigenvalue weighted by Crippen LogP contribution is 2.44. The third-order valence-corrected chi connectivity index (χ3v) is 21.2. The zero-order chi connectivity index (χ0) is 50.6. The maximum atomic E-state index is 2.53. The summed E-state index contributed by atoms with van der Waals surface area (Å²) in [4.78, 5) is 0. The summed E-state index contributed by atoms with van der Waals surface area (Å²) in [5.74, 6) is 0. The van der Waals surface area contributed by atoms with Gasteiger partial charge in [-0.05, 0) is 99.6 Å². The first-order valence-corrected chi connectivity index (χ1v) is 28.6. The lowest BCUT2D eigenvalue weighted by molar-refractivity contribution is 1.11. The van der Waals surface area contributed by atoms with Crippen LogP contribution < -0.4 is 20.7 Å². The van der Waals surface area contributed by atoms with Crippen LogP contribution in [-0.4, -0.2) is 26.3 Å². The summed E-state index contributed by atoms with van der Waals surface area (Å²) in [6.45, 7) is 0. The summed E-state index contributed by atoms with van der Waals surface area (Å²) >= 11 is 0. The van der Waals surface area contributed by atoms with E-state index in [0.29, 0.717) is 0 Å². The van der Waals surface area contributed by atoms with Crippen molar-refractivity contribution in [1.82, 2.24) is 18.3 Å². The van der Waals surface area contributed by atoms with Gasteiger partial charge in [-0.3, -0.25) is 0 Å². The van der Waals surface area contributed by atoms with Crippen molar-refractivity contribution in [2.75, 3.05) is 0 Å². The zero-order valence-corrected chi connectivity index (χ0v) is 43.0. The van der Waals surface area contributed by atoms with Gasteiger partial charge in [0.25, 0.3) is 0 Å². The van der Waals surface area contributed by atoms with Crippen molar-refractivity contribution in [1.29, 1.82) is 0 Å². The molecule has 0 saturated carbocycles. The molecule has 0 amide bonds. The van der Waals surface area contributed by atoms with Crippen LogP contribution in [0.1, 0.15) is 0 Å². The SMILES string of the molecule is c1ccc(-n2c3ccccc3c3cc(-n4c5ccccc5c5ccccc54)cc(-n4c5ccccc5c5cc(-n6c7ccccc7c7cc([Si](c8ccccc8)(c8ccccc8)c8ccccc8)ccc76)ccc54)c32)cc1. The van der Waals surface area contributed by atoms with Crippen LogP contribution >= 0.6 is 0 Å². The average Bonchev–Trinajstić information content (AvgIpc) is 4.24. The first kappa shape index (κ1) is 43.5. The standard InChI is InChI=1S/C72H48N4Si/c1-5-23-49(24-6-1)75-67-39-21-17-35-60(67)63-46-51(74-64-36-18-13-31-56(64)57-32-14-19-37-65(57)74)47-71(72(63)75)76-68-40-22-16-33-58(68)61-45-50(41-43-70(61)76)73-66-38-20-15-34-59(66)62-48-55(42-44-69(62)73)77(52-25-7-2-8-26-52,53-27-9-3-10-28-53)54-29-11-4-12-30-54/h1-48H. The molecule has 0 spiro atoms. The maximum absolute atomic E-state index is 2.79. The Bertz CT molecular complexity index is 4820. The van der Waals surface area contributed by atoms with Crippen LogP contribution in [0.5, 0.6) is 0 Å². The molecule has 0 N–H and O–H groups in total. The van der Waals surface area contributed by atoms with Gasteiger partial charge >= 0.3 is 0 Å². The van der Waals surface area contributed by atoms with Gasteiger partial charge in [-0.2, -0.15) is 0 Å². The predicted molar refractivity (Wildman–Crippen MR) is 327 cm³/mol. The first-order valence-electron chi connectivity index (χ1n) is 26.6. The molecular formula is C72H48N4Si. The quantitative estimate of drug-likeness (QED) is 0.107. The van der Waals surface area contributed by atoms with Gasteiger partial charge in [0, 0.05) is 60.2 Å². The van der Waals surface area contributed by atoms with Crippen LogP contribution in [0, 0.1) is 0 Å². The molecule has 12 aromatic carbocycles. The Hall–Kier alpha value is -9.94. The van der Waals surface area contributed by atoms with Crippen molar-refractivity contribution in [2.45, 2.75) is 0 Å². The van der Waals surface area contributed by atoms with E-state index in [4.69, 9.17) is 0 Å². The molecule has 0 saturated heterocycles. The highest BCUT2D eigenvalue weighted by Gasteiger charge is 2.41. The number of para-hydroxylation sites is 6. The van der Waals surface area contributed by atoms with Gasteiger partial charge in [-0.15, -0.1) is 0 Å². The largest absolute Gasteiger partial charge is 0.309 e. The minimum Gasteiger partial charge on any atom is -0.309 e. The number of benzene rings is 12. The van der Waals surface area contributed by atoms with Gasteiger partial charge in [0.15, 0.2) is 8.07 Å². The Morgan fingerprint density at radius 2 is 0.545 bits per heavy atom. The maximum Gasteiger partial charge on any atom is 0.179 e. The van der Waals surface area contributed by atoms with E-state index in [-0.39, 0.29) is 0 Å². The lowest BCUT2D eigenvalue weighted by Crippen LogP contribution is -2.74. The van der Waals surface area contributed by atoms with Crippen LogP contribution in [0.25, 0.3) is 110 Å². The highest BCUT2D eigenvalue weighted by atomic mass is 28.3. The van der Waals surface area contributed by atoms with Crippen molar-refractivity contribution in [3.05, 3.63) is 291 Å². The Kier molecular flexibility index (Phi) is 9.62. The molecule has 0 aliphatic rings. The van der Waals surface area contributed by atoms with Gasteiger partial charge in [-0.1, -0.05) is 212 Å². The van der Waals surface area contributed by atoms with Crippen LogP contribution in [0.4, 0.5) is 0 Å². The van der Waals surface area contributed by atoms with E-state index in [1.807, 2.05) is 0 Å². The van der Waals surface area contributed by atoms with E-state index in [9.17, 15) is 0 Å². The summed E-state index contributed by atoms with van der Waals surface area (Å²) in [5.41, 5.74) is 13.8. The second kappa shape index (κ2) is 17.0. The minimum atomic E-state index is -2.79. The third kappa shape index (κ3) is 6.32. The number of hydrogen-bond donors (Lipinski definition) is 0. The molecular weight excluding hydrogens is 949 g/mol. The lowest BCUT2D eigenvalue weighted by Gasteiger charge is -2.34. The summed E-state index contributed by atoms with van der Waals surface area (Å²) in [6.07, 6.45) is 0. The van der Waals surface area contributed by atoms with Crippen LogP contribution in [0.3, 0.4) is 0 Å². The zero-order valence-electron chi connectivity index (χ0n) is 42.0. The molecule has 4 aromatic heterocycles. The topological polar surface area (TPSA) is 19.7 Å². The van der Waals surface area contributed by atoms with Gasteiger partial charge in [0.2, 0.25) is 0 Å². The molecule has 0 fully saturated rings. The molecule has 0 atom stereocenters. The predicted octanol–water partition coefficient (Wildman–Crippen LogP) is 15.5. The molecule has 360 valence electrons. The molecule has 4 heterocycles. The second-order valence-electron chi connectivity index (χ2n) is 20.4. The monoisotopic (exact) mass is 996 g/mol. The number of aromatic nitrogens is 4. The summed E-state index contributed by atoms with van der Waals surface area (Å²) in [7, 11) is -2.79. The summed E-state index contributed by atoms with van der Waals surface area (Å²) in [6, 6.07) is 108. The first-order chi connectivity index (χ1) is 38.2. The number of fused-ring (bicyclic) bond motifs is 12. The van der Waals surface area contributed by atoms with Gasteiger partial charge in [0.05, 0.1) is 49.8 Å². The van der Waals surface area contributed by atoms with Crippen LogP contribution in [0.2, 0.25) is 0 Å². The van der Waals surface area contributed by atoms with E-state index in [1.165, 1.54) is 91.4 Å². The number of nitrogens with zero attached hydrogens (tertiary/aromatic N) is 4. The summed E-state index contributed by atoms with van der Waals surface area (Å²) in [5, 5.41) is 15.2. The molecule has 0 aliphatic carbocycles. The Balaban J connectivity index is 0.967. The Morgan fingerprint density at radius 3 is 1.06 bits per heavy atom. The molecule has 16 aromatic rings. The third-order valence-electron chi connectivity index (χ3n) is 16.5.